The summed E-state index contributed by atoms with van der Waals surface area (Å²) in [5.41, 5.74) is 0.210. The Morgan fingerprint density at radius 3 is 2.69 bits per heavy atom. The zero-order valence-electron chi connectivity index (χ0n) is 9.09. The zero-order valence-corrected chi connectivity index (χ0v) is 9.09. The Morgan fingerprint density at radius 2 is 2.12 bits per heavy atom. The highest BCUT2D eigenvalue weighted by Gasteiger charge is 2.07. The number of amides is 1. The van der Waals surface area contributed by atoms with E-state index in [2.05, 4.69) is 5.32 Å². The smallest absolute Gasteiger partial charge is 0.407 e. The number of carbonyl (C=O) groups excluding carboxylic acids is 1. The van der Waals surface area contributed by atoms with Crippen molar-refractivity contribution in [2.24, 2.45) is 0 Å². The van der Waals surface area contributed by atoms with Crippen molar-refractivity contribution in [2.45, 2.75) is 26.5 Å². The molecule has 0 spiro atoms. The molecule has 5 heteroatoms. The van der Waals surface area contributed by atoms with Gasteiger partial charge in [0.1, 0.15) is 11.6 Å². The van der Waals surface area contributed by atoms with Crippen LogP contribution < -0.4 is 5.32 Å². The average molecular weight is 229 g/mol. The lowest BCUT2D eigenvalue weighted by Crippen LogP contribution is -2.26. The van der Waals surface area contributed by atoms with Gasteiger partial charge in [0.25, 0.3) is 0 Å². The third-order valence-corrected chi connectivity index (χ3v) is 1.78. The van der Waals surface area contributed by atoms with Crippen LogP contribution in [0.25, 0.3) is 0 Å². The second kappa shape index (κ2) is 5.44. The van der Waals surface area contributed by atoms with Crippen LogP contribution in [0.1, 0.15) is 19.4 Å². The van der Waals surface area contributed by atoms with E-state index in [1.807, 2.05) is 0 Å². The predicted octanol–water partition coefficient (Wildman–Crippen LogP) is 2.60. The number of benzene rings is 1. The van der Waals surface area contributed by atoms with E-state index in [1.54, 1.807) is 13.8 Å². The monoisotopic (exact) mass is 229 g/mol. The fourth-order valence-corrected chi connectivity index (χ4v) is 1.09. The van der Waals surface area contributed by atoms with Crippen LogP contribution in [0.2, 0.25) is 0 Å². The van der Waals surface area contributed by atoms with Crippen molar-refractivity contribution in [1.82, 2.24) is 5.32 Å². The Labute approximate surface area is 92.4 Å². The highest BCUT2D eigenvalue weighted by Crippen LogP contribution is 2.09. The SMILES string of the molecule is CC(C)OC(=O)NCc1ccc(F)cc1F. The van der Waals surface area contributed by atoms with Gasteiger partial charge in [-0.15, -0.1) is 0 Å². The fraction of sp³-hybridized carbons (Fsp3) is 0.364. The third-order valence-electron chi connectivity index (χ3n) is 1.78. The molecule has 88 valence electrons. The van der Waals surface area contributed by atoms with E-state index >= 15 is 0 Å². The number of ether oxygens (including phenoxy) is 1. The van der Waals surface area contributed by atoms with Gasteiger partial charge < -0.3 is 10.1 Å². The topological polar surface area (TPSA) is 38.3 Å². The van der Waals surface area contributed by atoms with Gasteiger partial charge >= 0.3 is 6.09 Å². The largest absolute Gasteiger partial charge is 0.447 e. The van der Waals surface area contributed by atoms with Gasteiger partial charge in [0.2, 0.25) is 0 Å². The second-order valence-electron chi connectivity index (χ2n) is 3.54. The maximum Gasteiger partial charge on any atom is 0.407 e. The van der Waals surface area contributed by atoms with Gasteiger partial charge in [-0.3, -0.25) is 0 Å². The summed E-state index contributed by atoms with van der Waals surface area (Å²) in [6, 6.07) is 3.18. The van der Waals surface area contributed by atoms with Crippen molar-refractivity contribution in [3.63, 3.8) is 0 Å². The lowest BCUT2D eigenvalue weighted by Gasteiger charge is -2.09. The summed E-state index contributed by atoms with van der Waals surface area (Å²) >= 11 is 0. The Balaban J connectivity index is 2.51. The summed E-state index contributed by atoms with van der Waals surface area (Å²) in [7, 11) is 0. The summed E-state index contributed by atoms with van der Waals surface area (Å²) in [6.07, 6.45) is -0.864. The van der Waals surface area contributed by atoms with Gasteiger partial charge in [0.05, 0.1) is 6.10 Å². The van der Waals surface area contributed by atoms with Crippen molar-refractivity contribution < 1.29 is 18.3 Å². The minimum absolute atomic E-state index is 0.0301. The Bertz CT molecular complexity index is 380. The van der Waals surface area contributed by atoms with Crippen LogP contribution in [0.3, 0.4) is 0 Å². The van der Waals surface area contributed by atoms with Crippen LogP contribution >= 0.6 is 0 Å². The molecule has 0 aromatic heterocycles. The minimum atomic E-state index is -0.690. The molecule has 1 amide bonds. The fourth-order valence-electron chi connectivity index (χ4n) is 1.09. The maximum absolute atomic E-state index is 13.1. The van der Waals surface area contributed by atoms with Crippen LogP contribution in [0.4, 0.5) is 13.6 Å². The molecule has 0 radical (unpaired) electrons. The van der Waals surface area contributed by atoms with E-state index < -0.39 is 17.7 Å². The van der Waals surface area contributed by atoms with Crippen molar-refractivity contribution in [3.05, 3.63) is 35.4 Å². The molecule has 1 N–H and O–H groups in total. The van der Waals surface area contributed by atoms with E-state index in [0.717, 1.165) is 12.1 Å². The van der Waals surface area contributed by atoms with Crippen LogP contribution in [-0.4, -0.2) is 12.2 Å². The lowest BCUT2D eigenvalue weighted by atomic mass is 10.2. The van der Waals surface area contributed by atoms with Crippen LogP contribution in [-0.2, 0) is 11.3 Å². The number of alkyl carbamates (subject to hydrolysis) is 1. The second-order valence-corrected chi connectivity index (χ2v) is 3.54. The first kappa shape index (κ1) is 12.4. The number of hydrogen-bond acceptors (Lipinski definition) is 2. The minimum Gasteiger partial charge on any atom is -0.447 e. The van der Waals surface area contributed by atoms with Crippen LogP contribution in [0.15, 0.2) is 18.2 Å². The summed E-state index contributed by atoms with van der Waals surface area (Å²) in [6.45, 7) is 3.38. The van der Waals surface area contributed by atoms with Crippen molar-refractivity contribution in [2.75, 3.05) is 0 Å². The molecule has 3 nitrogen and oxygen atoms in total. The van der Waals surface area contributed by atoms with Gasteiger partial charge in [-0.25, -0.2) is 13.6 Å². The molecule has 0 aliphatic rings. The Hall–Kier alpha value is -1.65. The van der Waals surface area contributed by atoms with Crippen molar-refractivity contribution in [3.8, 4) is 0 Å². The molecule has 16 heavy (non-hydrogen) atoms. The molecule has 0 fully saturated rings. The molecular formula is C11H13F2NO2. The van der Waals surface area contributed by atoms with Gasteiger partial charge in [-0.05, 0) is 19.9 Å². The first-order valence-electron chi connectivity index (χ1n) is 4.87. The average Bonchev–Trinajstić information content (AvgIpc) is 2.15. The number of nitrogens with one attached hydrogen (secondary N) is 1. The summed E-state index contributed by atoms with van der Waals surface area (Å²) < 4.78 is 30.5. The highest BCUT2D eigenvalue weighted by atomic mass is 19.1. The molecule has 0 aliphatic carbocycles. The quantitative estimate of drug-likeness (QED) is 0.865. The van der Waals surface area contributed by atoms with Crippen molar-refractivity contribution >= 4 is 6.09 Å². The number of carbonyl (C=O) groups is 1. The molecule has 0 aliphatic heterocycles. The summed E-state index contributed by atoms with van der Waals surface area (Å²) in [4.78, 5) is 11.1. The molecule has 0 heterocycles. The van der Waals surface area contributed by atoms with Gasteiger partial charge in [0, 0.05) is 18.2 Å². The number of halogens is 2. The third kappa shape index (κ3) is 3.84. The van der Waals surface area contributed by atoms with E-state index in [4.69, 9.17) is 4.74 Å². The molecule has 1 aromatic rings. The molecule has 0 unspecified atom stereocenters. The predicted molar refractivity (Wildman–Crippen MR) is 54.8 cm³/mol. The molecule has 1 rings (SSSR count). The van der Waals surface area contributed by atoms with Crippen LogP contribution in [0, 0.1) is 11.6 Å². The van der Waals surface area contributed by atoms with Gasteiger partial charge in [-0.1, -0.05) is 6.07 Å². The molecule has 0 atom stereocenters. The molecule has 0 saturated carbocycles. The van der Waals surface area contributed by atoms with Crippen molar-refractivity contribution in [1.29, 1.82) is 0 Å². The van der Waals surface area contributed by atoms with Gasteiger partial charge in [0.15, 0.2) is 0 Å². The maximum atomic E-state index is 13.1. The number of rotatable bonds is 3. The van der Waals surface area contributed by atoms with E-state index in [0.29, 0.717) is 0 Å². The summed E-state index contributed by atoms with van der Waals surface area (Å²) in [5.74, 6) is -1.34. The van der Waals surface area contributed by atoms with E-state index in [1.165, 1.54) is 6.07 Å². The van der Waals surface area contributed by atoms with E-state index in [-0.39, 0.29) is 18.2 Å². The highest BCUT2D eigenvalue weighted by molar-refractivity contribution is 5.67. The molecule has 0 saturated heterocycles. The normalized spacial score (nSPS) is 10.3. The zero-order chi connectivity index (χ0) is 12.1. The van der Waals surface area contributed by atoms with Gasteiger partial charge in [-0.2, -0.15) is 0 Å². The lowest BCUT2D eigenvalue weighted by molar-refractivity contribution is 0.115. The summed E-state index contributed by atoms with van der Waals surface area (Å²) in [5, 5.41) is 2.37. The molecule has 1 aromatic carbocycles. The number of hydrogen-bond donors (Lipinski definition) is 1. The Kier molecular flexibility index (Phi) is 4.22. The Morgan fingerprint density at radius 1 is 1.44 bits per heavy atom. The van der Waals surface area contributed by atoms with Crippen LogP contribution in [0.5, 0.6) is 0 Å². The molecular weight excluding hydrogens is 216 g/mol. The first-order chi connectivity index (χ1) is 7.49. The van der Waals surface area contributed by atoms with E-state index in [9.17, 15) is 13.6 Å². The molecule has 0 bridgehead atoms. The standard InChI is InChI=1S/C11H13F2NO2/c1-7(2)16-11(15)14-6-8-3-4-9(12)5-10(8)13/h3-5,7H,6H2,1-2H3,(H,14,15). The first-order valence-corrected chi connectivity index (χ1v) is 4.87.